The van der Waals surface area contributed by atoms with Crippen LogP contribution in [0.4, 0.5) is 10.1 Å². The predicted molar refractivity (Wildman–Crippen MR) is 116 cm³/mol. The summed E-state index contributed by atoms with van der Waals surface area (Å²) in [4.78, 5) is 18.7. The minimum absolute atomic E-state index is 0. The summed E-state index contributed by atoms with van der Waals surface area (Å²) in [5, 5.41) is 9.02. The number of hydrogen-bond acceptors (Lipinski definition) is 4. The Morgan fingerprint density at radius 2 is 2.07 bits per heavy atom. The van der Waals surface area contributed by atoms with Gasteiger partial charge in [0.15, 0.2) is 5.96 Å². The molecule has 1 aliphatic rings. The molecule has 1 aromatic carbocycles. The zero-order valence-corrected chi connectivity index (χ0v) is 18.2. The summed E-state index contributed by atoms with van der Waals surface area (Å²) in [7, 11) is 0. The summed E-state index contributed by atoms with van der Waals surface area (Å²) >= 11 is 0. The van der Waals surface area contributed by atoms with Gasteiger partial charge in [0.1, 0.15) is 12.4 Å². The number of anilines is 1. The van der Waals surface area contributed by atoms with E-state index in [0.717, 1.165) is 32.8 Å². The van der Waals surface area contributed by atoms with Gasteiger partial charge >= 0.3 is 0 Å². The van der Waals surface area contributed by atoms with Crippen LogP contribution in [0.2, 0.25) is 0 Å². The first-order valence-electron chi connectivity index (χ1n) is 8.98. The van der Waals surface area contributed by atoms with Crippen LogP contribution >= 0.6 is 24.0 Å². The largest absolute Gasteiger partial charge is 0.379 e. The molecule has 0 bridgehead atoms. The van der Waals surface area contributed by atoms with Crippen molar-refractivity contribution in [1.29, 1.82) is 0 Å². The molecule has 0 radical (unpaired) electrons. The molecule has 0 saturated carbocycles. The van der Waals surface area contributed by atoms with E-state index in [4.69, 9.17) is 4.74 Å². The van der Waals surface area contributed by atoms with Gasteiger partial charge in [0.25, 0.3) is 0 Å². The molecule has 1 unspecified atom stereocenters. The van der Waals surface area contributed by atoms with Crippen molar-refractivity contribution in [3.63, 3.8) is 0 Å². The van der Waals surface area contributed by atoms with Crippen LogP contribution in [0.25, 0.3) is 0 Å². The Morgan fingerprint density at radius 1 is 1.33 bits per heavy atom. The lowest BCUT2D eigenvalue weighted by atomic mass is 10.2. The highest BCUT2D eigenvalue weighted by atomic mass is 127. The average molecular weight is 493 g/mol. The van der Waals surface area contributed by atoms with E-state index < -0.39 is 5.82 Å². The fourth-order valence-electron chi connectivity index (χ4n) is 2.65. The lowest BCUT2D eigenvalue weighted by molar-refractivity contribution is -0.114. The molecule has 152 valence electrons. The normalized spacial score (nSPS) is 16.2. The number of ether oxygens (including phenoxy) is 1. The molecular weight excluding hydrogens is 464 g/mol. The number of amides is 1. The first-order chi connectivity index (χ1) is 12.6. The van der Waals surface area contributed by atoms with E-state index in [9.17, 15) is 9.18 Å². The number of aliphatic imine (C=N–C) groups is 1. The molecule has 1 aliphatic heterocycles. The third kappa shape index (κ3) is 8.85. The summed E-state index contributed by atoms with van der Waals surface area (Å²) in [6.45, 7) is 8.86. The number of carbonyl (C=O) groups excluding carboxylic acids is 1. The zero-order chi connectivity index (χ0) is 18.8. The first-order valence-corrected chi connectivity index (χ1v) is 8.98. The van der Waals surface area contributed by atoms with Crippen LogP contribution in [0.1, 0.15) is 13.8 Å². The predicted octanol–water partition coefficient (Wildman–Crippen LogP) is 1.66. The van der Waals surface area contributed by atoms with E-state index in [1.165, 1.54) is 12.1 Å². The SMILES string of the molecule is CCNC(=NCC(=O)Nc1cccc(F)c1)NCC(C)N1CCOCC1.I. The van der Waals surface area contributed by atoms with Gasteiger partial charge in [-0.2, -0.15) is 0 Å². The number of rotatable bonds is 7. The Bertz CT molecular complexity index is 611. The maximum Gasteiger partial charge on any atom is 0.246 e. The van der Waals surface area contributed by atoms with Gasteiger partial charge in [-0.3, -0.25) is 9.69 Å². The number of carbonyl (C=O) groups is 1. The molecule has 1 amide bonds. The number of nitrogens with zero attached hydrogens (tertiary/aromatic N) is 2. The number of benzene rings is 1. The molecule has 0 spiro atoms. The molecular formula is C18H29FIN5O2. The first kappa shape index (κ1) is 23.6. The molecule has 1 aromatic rings. The summed E-state index contributed by atoms with van der Waals surface area (Å²) in [5.74, 6) is -0.102. The van der Waals surface area contributed by atoms with E-state index in [1.807, 2.05) is 6.92 Å². The fourth-order valence-corrected chi connectivity index (χ4v) is 2.65. The standard InChI is InChI=1S/C18H28FN5O2.HI/c1-3-20-18(21-12-14(2)24-7-9-26-10-8-24)22-13-17(25)23-16-6-4-5-15(19)11-16;/h4-6,11,14H,3,7-10,12-13H2,1-2H3,(H,23,25)(H2,20,21,22);1H. The molecule has 27 heavy (non-hydrogen) atoms. The van der Waals surface area contributed by atoms with Gasteiger partial charge in [0.2, 0.25) is 5.91 Å². The van der Waals surface area contributed by atoms with Gasteiger partial charge in [-0.1, -0.05) is 6.07 Å². The van der Waals surface area contributed by atoms with Gasteiger partial charge in [-0.15, -0.1) is 24.0 Å². The van der Waals surface area contributed by atoms with E-state index >= 15 is 0 Å². The number of halogens is 2. The number of hydrogen-bond donors (Lipinski definition) is 3. The molecule has 1 saturated heterocycles. The Balaban J connectivity index is 0.00000364. The molecule has 0 aromatic heterocycles. The Kier molecular flexibility index (Phi) is 11.2. The van der Waals surface area contributed by atoms with E-state index in [-0.39, 0.29) is 36.4 Å². The van der Waals surface area contributed by atoms with Gasteiger partial charge in [0, 0.05) is 37.9 Å². The second-order valence-corrected chi connectivity index (χ2v) is 6.13. The second kappa shape index (κ2) is 12.8. The molecule has 1 atom stereocenters. The van der Waals surface area contributed by atoms with Gasteiger partial charge in [-0.05, 0) is 32.0 Å². The highest BCUT2D eigenvalue weighted by Gasteiger charge is 2.17. The topological polar surface area (TPSA) is 78.0 Å². The average Bonchev–Trinajstić information content (AvgIpc) is 2.64. The van der Waals surface area contributed by atoms with Gasteiger partial charge < -0.3 is 20.7 Å². The fraction of sp³-hybridized carbons (Fsp3) is 0.556. The van der Waals surface area contributed by atoms with Crippen molar-refractivity contribution in [1.82, 2.24) is 15.5 Å². The van der Waals surface area contributed by atoms with Crippen molar-refractivity contribution in [3.8, 4) is 0 Å². The van der Waals surface area contributed by atoms with Gasteiger partial charge in [-0.25, -0.2) is 9.38 Å². The third-order valence-electron chi connectivity index (χ3n) is 4.07. The van der Waals surface area contributed by atoms with Crippen molar-refractivity contribution < 1.29 is 13.9 Å². The lowest BCUT2D eigenvalue weighted by Crippen LogP contribution is -2.49. The highest BCUT2D eigenvalue weighted by Crippen LogP contribution is 2.08. The maximum atomic E-state index is 13.2. The van der Waals surface area contributed by atoms with E-state index in [0.29, 0.717) is 24.2 Å². The van der Waals surface area contributed by atoms with Crippen molar-refractivity contribution in [2.45, 2.75) is 19.9 Å². The van der Waals surface area contributed by atoms with Crippen LogP contribution in [0.5, 0.6) is 0 Å². The molecule has 2 rings (SSSR count). The molecule has 3 N–H and O–H groups in total. The van der Waals surface area contributed by atoms with E-state index in [2.05, 4.69) is 32.8 Å². The Labute approximate surface area is 177 Å². The van der Waals surface area contributed by atoms with Crippen LogP contribution in [-0.2, 0) is 9.53 Å². The minimum atomic E-state index is -0.390. The Hall–Kier alpha value is -1.46. The summed E-state index contributed by atoms with van der Waals surface area (Å²) in [6, 6.07) is 6.13. The van der Waals surface area contributed by atoms with Crippen LogP contribution in [0, 0.1) is 5.82 Å². The summed E-state index contributed by atoms with van der Waals surface area (Å²) < 4.78 is 18.5. The third-order valence-corrected chi connectivity index (χ3v) is 4.07. The lowest BCUT2D eigenvalue weighted by Gasteiger charge is -2.32. The smallest absolute Gasteiger partial charge is 0.246 e. The molecule has 9 heteroatoms. The quantitative estimate of drug-likeness (QED) is 0.306. The zero-order valence-electron chi connectivity index (χ0n) is 15.8. The maximum absolute atomic E-state index is 13.2. The van der Waals surface area contributed by atoms with Crippen molar-refractivity contribution in [2.75, 3.05) is 51.3 Å². The van der Waals surface area contributed by atoms with Gasteiger partial charge in [0.05, 0.1) is 13.2 Å². The van der Waals surface area contributed by atoms with Crippen LogP contribution in [0.15, 0.2) is 29.3 Å². The minimum Gasteiger partial charge on any atom is -0.379 e. The number of nitrogens with one attached hydrogen (secondary N) is 3. The second-order valence-electron chi connectivity index (χ2n) is 6.13. The summed E-state index contributed by atoms with van der Waals surface area (Å²) in [5.41, 5.74) is 0.420. The van der Waals surface area contributed by atoms with E-state index in [1.54, 1.807) is 12.1 Å². The molecule has 1 fully saturated rings. The van der Waals surface area contributed by atoms with Crippen molar-refractivity contribution >= 4 is 41.5 Å². The molecule has 7 nitrogen and oxygen atoms in total. The van der Waals surface area contributed by atoms with Crippen molar-refractivity contribution in [3.05, 3.63) is 30.1 Å². The monoisotopic (exact) mass is 493 g/mol. The molecule has 0 aliphatic carbocycles. The Morgan fingerprint density at radius 3 is 2.74 bits per heavy atom. The summed E-state index contributed by atoms with van der Waals surface area (Å²) in [6.07, 6.45) is 0. The number of guanidine groups is 1. The molecule has 1 heterocycles. The van der Waals surface area contributed by atoms with Crippen LogP contribution in [0.3, 0.4) is 0 Å². The van der Waals surface area contributed by atoms with Crippen molar-refractivity contribution in [2.24, 2.45) is 4.99 Å². The number of morpholine rings is 1. The highest BCUT2D eigenvalue weighted by molar-refractivity contribution is 14.0. The van der Waals surface area contributed by atoms with Crippen LogP contribution < -0.4 is 16.0 Å². The van der Waals surface area contributed by atoms with Crippen LogP contribution in [-0.4, -0.2) is 68.7 Å².